The average molecular weight is 224 g/mol. The molecule has 0 saturated carbocycles. The molecule has 0 spiro atoms. The lowest BCUT2D eigenvalue weighted by Gasteiger charge is -2.28. The van der Waals surface area contributed by atoms with Gasteiger partial charge in [-0.1, -0.05) is 5.22 Å². The first kappa shape index (κ1) is 10.7. The van der Waals surface area contributed by atoms with Crippen LogP contribution >= 0.6 is 0 Å². The molecule has 1 N–H and O–H groups in total. The molecule has 0 aromatic carbocycles. The van der Waals surface area contributed by atoms with Gasteiger partial charge in [0.15, 0.2) is 0 Å². The summed E-state index contributed by atoms with van der Waals surface area (Å²) in [5.41, 5.74) is 1.92. The number of nitrogens with one attached hydrogen (secondary N) is 1. The van der Waals surface area contributed by atoms with Crippen molar-refractivity contribution in [3.8, 4) is 0 Å². The van der Waals surface area contributed by atoms with Crippen molar-refractivity contribution in [2.45, 2.75) is 25.3 Å². The Labute approximate surface area is 91.9 Å². The third-order valence-electron chi connectivity index (χ3n) is 2.70. The summed E-state index contributed by atoms with van der Waals surface area (Å²) in [6.45, 7) is 1.25. The van der Waals surface area contributed by atoms with E-state index in [0.29, 0.717) is 13.1 Å². The summed E-state index contributed by atoms with van der Waals surface area (Å²) in [5.74, 6) is -2.11. The predicted molar refractivity (Wildman–Crippen MR) is 52.2 cm³/mol. The molecular weight excluding hydrogens is 212 g/mol. The van der Waals surface area contributed by atoms with Crippen molar-refractivity contribution >= 4 is 17.6 Å². The lowest BCUT2D eigenvalue weighted by molar-refractivity contribution is -0.146. The summed E-state index contributed by atoms with van der Waals surface area (Å²) in [7, 11) is 0. The van der Waals surface area contributed by atoms with Crippen molar-refractivity contribution in [3.63, 3.8) is 0 Å². The smallest absolute Gasteiger partial charge is 0.311 e. The van der Waals surface area contributed by atoms with E-state index in [1.807, 2.05) is 5.43 Å². The monoisotopic (exact) mass is 224 g/mol. The maximum absolute atomic E-state index is 11.9. The van der Waals surface area contributed by atoms with Crippen molar-refractivity contribution in [2.24, 2.45) is 10.3 Å². The molecule has 1 atom stereocenters. The first-order valence-electron chi connectivity index (χ1n) is 5.23. The van der Waals surface area contributed by atoms with E-state index >= 15 is 0 Å². The van der Waals surface area contributed by atoms with Gasteiger partial charge in [-0.2, -0.15) is 0 Å². The van der Waals surface area contributed by atoms with Crippen LogP contribution in [0.25, 0.3) is 0 Å². The van der Waals surface area contributed by atoms with Gasteiger partial charge >= 0.3 is 5.91 Å². The molecule has 7 nitrogen and oxygen atoms in total. The third kappa shape index (κ3) is 1.93. The van der Waals surface area contributed by atoms with Gasteiger partial charge in [-0.25, -0.2) is 5.43 Å². The number of carbonyl (C=O) groups excluding carboxylic acids is 3. The Balaban J connectivity index is 2.08. The van der Waals surface area contributed by atoms with Crippen LogP contribution in [0.5, 0.6) is 0 Å². The molecule has 2 aliphatic heterocycles. The Morgan fingerprint density at radius 3 is 2.62 bits per heavy atom. The van der Waals surface area contributed by atoms with Crippen LogP contribution in [-0.4, -0.2) is 41.6 Å². The molecule has 86 valence electrons. The Morgan fingerprint density at radius 1 is 1.25 bits per heavy atom. The molecular formula is C9H12N4O3. The number of Topliss-reactive ketones (excluding diaryl/α,β-unsaturated/α-hetero) is 1. The highest BCUT2D eigenvalue weighted by molar-refractivity contribution is 6.42. The normalized spacial score (nSPS) is 25.5. The standard InChI is InChI=1S/C9H12N4O3/c14-7-6(10-12-11-8(7)15)9(16)13-4-2-1-3-5-13/h6H,1-5H2,(H,10,11,15). The summed E-state index contributed by atoms with van der Waals surface area (Å²) in [6, 6.07) is -1.27. The van der Waals surface area contributed by atoms with Gasteiger partial charge in [0.1, 0.15) is 0 Å². The lowest BCUT2D eigenvalue weighted by atomic mass is 10.1. The first-order valence-corrected chi connectivity index (χ1v) is 5.23. The molecule has 0 aromatic rings. The Kier molecular flexibility index (Phi) is 2.93. The van der Waals surface area contributed by atoms with Crippen LogP contribution in [-0.2, 0) is 14.4 Å². The van der Waals surface area contributed by atoms with E-state index < -0.39 is 23.6 Å². The molecule has 0 aromatic heterocycles. The Hall–Kier alpha value is -1.79. The van der Waals surface area contributed by atoms with Crippen molar-refractivity contribution in [1.82, 2.24) is 10.3 Å². The van der Waals surface area contributed by atoms with Crippen LogP contribution in [0.1, 0.15) is 19.3 Å². The molecule has 0 aliphatic carbocycles. The molecule has 2 rings (SSSR count). The van der Waals surface area contributed by atoms with Crippen LogP contribution in [0.15, 0.2) is 10.3 Å². The number of ketones is 1. The van der Waals surface area contributed by atoms with Gasteiger partial charge in [-0.15, -0.1) is 5.11 Å². The second-order valence-electron chi connectivity index (χ2n) is 3.81. The molecule has 0 bridgehead atoms. The van der Waals surface area contributed by atoms with Gasteiger partial charge in [0.05, 0.1) is 0 Å². The molecule has 1 saturated heterocycles. The van der Waals surface area contributed by atoms with E-state index in [-0.39, 0.29) is 0 Å². The lowest BCUT2D eigenvalue weighted by Crippen LogP contribution is -2.49. The maximum Gasteiger partial charge on any atom is 0.311 e. The minimum Gasteiger partial charge on any atom is -0.340 e. The predicted octanol–water partition coefficient (Wildman–Crippen LogP) is -0.566. The molecule has 1 fully saturated rings. The highest BCUT2D eigenvalue weighted by atomic mass is 16.2. The quantitative estimate of drug-likeness (QED) is 0.477. The minimum absolute atomic E-state index is 0.414. The largest absolute Gasteiger partial charge is 0.340 e. The first-order chi connectivity index (χ1) is 7.70. The average Bonchev–Trinajstić information content (AvgIpc) is 2.33. The number of rotatable bonds is 1. The van der Waals surface area contributed by atoms with Gasteiger partial charge in [-0.3, -0.25) is 14.4 Å². The number of carbonyl (C=O) groups is 3. The summed E-state index contributed by atoms with van der Waals surface area (Å²) in [5, 5.41) is 6.75. The van der Waals surface area contributed by atoms with Crippen LogP contribution in [0.3, 0.4) is 0 Å². The molecule has 2 aliphatic rings. The van der Waals surface area contributed by atoms with E-state index in [2.05, 4.69) is 10.3 Å². The zero-order chi connectivity index (χ0) is 11.5. The fourth-order valence-corrected chi connectivity index (χ4v) is 1.81. The van der Waals surface area contributed by atoms with Crippen LogP contribution in [0.4, 0.5) is 0 Å². The number of likely N-dealkylation sites (tertiary alicyclic amines) is 1. The zero-order valence-electron chi connectivity index (χ0n) is 8.68. The van der Waals surface area contributed by atoms with Crippen LogP contribution in [0, 0.1) is 0 Å². The zero-order valence-corrected chi connectivity index (χ0v) is 8.68. The molecule has 2 heterocycles. The molecule has 2 amide bonds. The van der Waals surface area contributed by atoms with Gasteiger partial charge in [-0.05, 0) is 19.3 Å². The number of amides is 2. The molecule has 7 heteroatoms. The fraction of sp³-hybridized carbons (Fsp3) is 0.667. The van der Waals surface area contributed by atoms with Crippen molar-refractivity contribution in [2.75, 3.05) is 13.1 Å². The SMILES string of the molecule is O=C1NN=NC(C(=O)N2CCCCC2)C1=O. The molecule has 16 heavy (non-hydrogen) atoms. The van der Waals surface area contributed by atoms with E-state index in [1.165, 1.54) is 0 Å². The van der Waals surface area contributed by atoms with E-state index in [9.17, 15) is 14.4 Å². The van der Waals surface area contributed by atoms with Crippen molar-refractivity contribution < 1.29 is 14.4 Å². The summed E-state index contributed by atoms with van der Waals surface area (Å²) >= 11 is 0. The topological polar surface area (TPSA) is 91.2 Å². The van der Waals surface area contributed by atoms with Gasteiger partial charge in [0.25, 0.3) is 11.7 Å². The third-order valence-corrected chi connectivity index (χ3v) is 2.70. The van der Waals surface area contributed by atoms with Gasteiger partial charge in [0, 0.05) is 13.1 Å². The minimum atomic E-state index is -1.27. The summed E-state index contributed by atoms with van der Waals surface area (Å²) in [6.07, 6.45) is 2.94. The number of hydrogen-bond acceptors (Lipinski definition) is 5. The Bertz CT molecular complexity index is 360. The highest BCUT2D eigenvalue weighted by Gasteiger charge is 2.37. The molecule has 1 unspecified atom stereocenters. The molecule has 0 radical (unpaired) electrons. The highest BCUT2D eigenvalue weighted by Crippen LogP contribution is 2.12. The van der Waals surface area contributed by atoms with Crippen molar-refractivity contribution in [3.05, 3.63) is 0 Å². The van der Waals surface area contributed by atoms with Gasteiger partial charge in [0.2, 0.25) is 6.04 Å². The Morgan fingerprint density at radius 2 is 1.94 bits per heavy atom. The summed E-state index contributed by atoms with van der Waals surface area (Å²) in [4.78, 5) is 35.9. The van der Waals surface area contributed by atoms with E-state index in [4.69, 9.17) is 0 Å². The fourth-order valence-electron chi connectivity index (χ4n) is 1.81. The summed E-state index contributed by atoms with van der Waals surface area (Å²) < 4.78 is 0. The number of piperidine rings is 1. The number of hydrogen-bond donors (Lipinski definition) is 1. The van der Waals surface area contributed by atoms with E-state index in [0.717, 1.165) is 19.3 Å². The second kappa shape index (κ2) is 4.38. The van der Waals surface area contributed by atoms with Crippen LogP contribution in [0.2, 0.25) is 0 Å². The number of nitrogens with zero attached hydrogens (tertiary/aromatic N) is 3. The van der Waals surface area contributed by atoms with Gasteiger partial charge < -0.3 is 4.90 Å². The maximum atomic E-state index is 11.9. The van der Waals surface area contributed by atoms with Crippen molar-refractivity contribution in [1.29, 1.82) is 0 Å². The van der Waals surface area contributed by atoms with Crippen LogP contribution < -0.4 is 5.43 Å². The van der Waals surface area contributed by atoms with E-state index in [1.54, 1.807) is 4.90 Å². The second-order valence-corrected chi connectivity index (χ2v) is 3.81.